The molecule has 0 radical (unpaired) electrons. The molecule has 8 heteroatoms. The number of carbonyl (C=O) groups is 1. The summed E-state index contributed by atoms with van der Waals surface area (Å²) in [6, 6.07) is 5.08. The Morgan fingerprint density at radius 2 is 2.00 bits per heavy atom. The van der Waals surface area contributed by atoms with Crippen LogP contribution in [0.15, 0.2) is 18.2 Å². The monoisotopic (exact) mass is 305 g/mol. The van der Waals surface area contributed by atoms with Crippen LogP contribution in [0.5, 0.6) is 0 Å². The largest absolute Gasteiger partial charge is 0.325 e. The van der Waals surface area contributed by atoms with Crippen molar-refractivity contribution in [3.63, 3.8) is 0 Å². The summed E-state index contributed by atoms with van der Waals surface area (Å²) < 4.78 is 26.0. The molecule has 0 aliphatic heterocycles. The summed E-state index contributed by atoms with van der Waals surface area (Å²) in [6.45, 7) is 1.47. The van der Waals surface area contributed by atoms with E-state index in [1.807, 2.05) is 6.92 Å². The summed E-state index contributed by atoms with van der Waals surface area (Å²) in [5, 5.41) is 3.09. The van der Waals surface area contributed by atoms with Crippen LogP contribution in [0, 0.1) is 6.92 Å². The number of carbonyl (C=O) groups excluding carboxylic acids is 1. The van der Waals surface area contributed by atoms with Gasteiger partial charge in [0.15, 0.2) is 0 Å². The minimum Gasteiger partial charge on any atom is -0.325 e. The van der Waals surface area contributed by atoms with E-state index in [1.165, 1.54) is 14.1 Å². The van der Waals surface area contributed by atoms with Gasteiger partial charge >= 0.3 is 0 Å². The summed E-state index contributed by atoms with van der Waals surface area (Å²) in [4.78, 5) is 11.6. The van der Waals surface area contributed by atoms with Gasteiger partial charge in [-0.25, -0.2) is 0 Å². The van der Waals surface area contributed by atoms with Crippen LogP contribution in [0.1, 0.15) is 5.56 Å². The number of anilines is 1. The average molecular weight is 306 g/mol. The van der Waals surface area contributed by atoms with Crippen molar-refractivity contribution in [3.8, 4) is 0 Å². The average Bonchev–Trinajstić information content (AvgIpc) is 2.31. The lowest BCUT2D eigenvalue weighted by Gasteiger charge is -2.13. The fourth-order valence-corrected chi connectivity index (χ4v) is 1.95. The second-order valence-corrected chi connectivity index (χ2v) is 6.52. The lowest BCUT2D eigenvalue weighted by atomic mass is 10.2. The Hall–Kier alpha value is -1.15. The molecule has 0 fully saturated rings. The molecule has 106 valence electrons. The molecule has 0 atom stereocenters. The molecule has 2 N–H and O–H groups in total. The Kier molecular flexibility index (Phi) is 5.30. The SMILES string of the molecule is Cc1ccc(Cl)cc1NC(=O)CNS(=O)(=O)N(C)C. The molecular formula is C11H16ClN3O3S. The Balaban J connectivity index is 2.64. The van der Waals surface area contributed by atoms with E-state index in [4.69, 9.17) is 11.6 Å². The Labute approximate surface area is 117 Å². The van der Waals surface area contributed by atoms with E-state index in [0.29, 0.717) is 10.7 Å². The number of hydrogen-bond acceptors (Lipinski definition) is 3. The predicted molar refractivity (Wildman–Crippen MR) is 75.4 cm³/mol. The molecule has 1 amide bonds. The quantitative estimate of drug-likeness (QED) is 0.851. The van der Waals surface area contributed by atoms with E-state index in [0.717, 1.165) is 9.87 Å². The van der Waals surface area contributed by atoms with Crippen molar-refractivity contribution in [3.05, 3.63) is 28.8 Å². The summed E-state index contributed by atoms with van der Waals surface area (Å²) in [5.41, 5.74) is 1.40. The third-order valence-corrected chi connectivity index (χ3v) is 4.08. The zero-order valence-corrected chi connectivity index (χ0v) is 12.5. The fraction of sp³-hybridized carbons (Fsp3) is 0.364. The van der Waals surface area contributed by atoms with E-state index < -0.39 is 16.1 Å². The molecule has 0 saturated carbocycles. The van der Waals surface area contributed by atoms with E-state index in [1.54, 1.807) is 18.2 Å². The van der Waals surface area contributed by atoms with Gasteiger partial charge in [0.1, 0.15) is 0 Å². The molecule has 0 bridgehead atoms. The predicted octanol–water partition coefficient (Wildman–Crippen LogP) is 0.983. The number of hydrogen-bond donors (Lipinski definition) is 2. The molecule has 6 nitrogen and oxygen atoms in total. The summed E-state index contributed by atoms with van der Waals surface area (Å²) in [5.74, 6) is -0.462. The third kappa shape index (κ3) is 4.79. The van der Waals surface area contributed by atoms with E-state index in [9.17, 15) is 13.2 Å². The van der Waals surface area contributed by atoms with Crippen molar-refractivity contribution >= 4 is 33.4 Å². The summed E-state index contributed by atoms with van der Waals surface area (Å²) >= 11 is 5.82. The van der Waals surface area contributed by atoms with Crippen molar-refractivity contribution in [2.75, 3.05) is 26.0 Å². The van der Waals surface area contributed by atoms with Crippen molar-refractivity contribution in [2.24, 2.45) is 0 Å². The lowest BCUT2D eigenvalue weighted by Crippen LogP contribution is -2.40. The summed E-state index contributed by atoms with van der Waals surface area (Å²) in [7, 11) is -0.855. The van der Waals surface area contributed by atoms with Gasteiger partial charge in [-0.3, -0.25) is 4.79 Å². The van der Waals surface area contributed by atoms with Gasteiger partial charge in [-0.05, 0) is 24.6 Å². The molecule has 19 heavy (non-hydrogen) atoms. The molecule has 1 rings (SSSR count). The molecule has 0 aliphatic rings. The lowest BCUT2D eigenvalue weighted by molar-refractivity contribution is -0.115. The van der Waals surface area contributed by atoms with Gasteiger partial charge in [-0.1, -0.05) is 17.7 Å². The van der Waals surface area contributed by atoms with Gasteiger partial charge < -0.3 is 5.32 Å². The van der Waals surface area contributed by atoms with E-state index >= 15 is 0 Å². The van der Waals surface area contributed by atoms with Crippen LogP contribution in [0.3, 0.4) is 0 Å². The molecule has 0 heterocycles. The molecule has 0 aliphatic carbocycles. The normalized spacial score (nSPS) is 11.6. The van der Waals surface area contributed by atoms with Crippen molar-refractivity contribution in [1.82, 2.24) is 9.03 Å². The van der Waals surface area contributed by atoms with Crippen molar-refractivity contribution in [1.29, 1.82) is 0 Å². The summed E-state index contributed by atoms with van der Waals surface area (Å²) in [6.07, 6.45) is 0. The van der Waals surface area contributed by atoms with Gasteiger partial charge in [0.25, 0.3) is 10.2 Å². The highest BCUT2D eigenvalue weighted by Gasteiger charge is 2.14. The first-order chi connectivity index (χ1) is 8.72. The molecule has 0 saturated heterocycles. The maximum atomic E-state index is 11.6. The number of benzene rings is 1. The first-order valence-electron chi connectivity index (χ1n) is 5.45. The van der Waals surface area contributed by atoms with Crippen LogP contribution in [-0.2, 0) is 15.0 Å². The van der Waals surface area contributed by atoms with Gasteiger partial charge in [-0.2, -0.15) is 17.4 Å². The highest BCUT2D eigenvalue weighted by atomic mass is 35.5. The van der Waals surface area contributed by atoms with Gasteiger partial charge in [-0.15, -0.1) is 0 Å². The Bertz CT molecular complexity index is 573. The smallest absolute Gasteiger partial charge is 0.279 e. The van der Waals surface area contributed by atoms with Crippen LogP contribution >= 0.6 is 11.6 Å². The van der Waals surface area contributed by atoms with Crippen LogP contribution < -0.4 is 10.0 Å². The van der Waals surface area contributed by atoms with Crippen molar-refractivity contribution in [2.45, 2.75) is 6.92 Å². The first-order valence-corrected chi connectivity index (χ1v) is 7.27. The number of nitrogens with zero attached hydrogens (tertiary/aromatic N) is 1. The van der Waals surface area contributed by atoms with E-state index in [-0.39, 0.29) is 6.54 Å². The number of rotatable bonds is 5. The third-order valence-electron chi connectivity index (χ3n) is 2.37. The van der Waals surface area contributed by atoms with E-state index in [2.05, 4.69) is 10.0 Å². The zero-order valence-electron chi connectivity index (χ0n) is 10.9. The minimum atomic E-state index is -3.61. The number of aryl methyl sites for hydroxylation is 1. The second kappa shape index (κ2) is 6.33. The molecular weight excluding hydrogens is 290 g/mol. The molecule has 1 aromatic carbocycles. The molecule has 1 aromatic rings. The number of nitrogens with one attached hydrogen (secondary N) is 2. The zero-order chi connectivity index (χ0) is 14.6. The molecule has 0 aromatic heterocycles. The number of amides is 1. The first kappa shape index (κ1) is 15.9. The van der Waals surface area contributed by atoms with Gasteiger partial charge in [0.05, 0.1) is 6.54 Å². The van der Waals surface area contributed by atoms with Crippen molar-refractivity contribution < 1.29 is 13.2 Å². The van der Waals surface area contributed by atoms with Crippen LogP contribution in [0.25, 0.3) is 0 Å². The van der Waals surface area contributed by atoms with Crippen LogP contribution in [-0.4, -0.2) is 39.3 Å². The van der Waals surface area contributed by atoms with Gasteiger partial charge in [0.2, 0.25) is 5.91 Å². The number of halogens is 1. The second-order valence-electron chi connectivity index (χ2n) is 4.12. The molecule has 0 unspecified atom stereocenters. The topological polar surface area (TPSA) is 78.5 Å². The van der Waals surface area contributed by atoms with Crippen LogP contribution in [0.2, 0.25) is 5.02 Å². The fourth-order valence-electron chi connectivity index (χ4n) is 1.21. The maximum absolute atomic E-state index is 11.6. The molecule has 0 spiro atoms. The Morgan fingerprint density at radius 3 is 2.58 bits per heavy atom. The minimum absolute atomic E-state index is 0.341. The van der Waals surface area contributed by atoms with Gasteiger partial charge in [0, 0.05) is 24.8 Å². The maximum Gasteiger partial charge on any atom is 0.279 e. The highest BCUT2D eigenvalue weighted by Crippen LogP contribution is 2.19. The Morgan fingerprint density at radius 1 is 1.37 bits per heavy atom. The highest BCUT2D eigenvalue weighted by molar-refractivity contribution is 7.87. The van der Waals surface area contributed by atoms with Crippen LogP contribution in [0.4, 0.5) is 5.69 Å². The standard InChI is InChI=1S/C11H16ClN3O3S/c1-8-4-5-9(12)6-10(8)14-11(16)7-13-19(17,18)15(2)3/h4-6,13H,7H2,1-3H3,(H,14,16).